The van der Waals surface area contributed by atoms with Gasteiger partial charge >= 0.3 is 0 Å². The second-order valence-corrected chi connectivity index (χ2v) is 7.51. The monoisotopic (exact) mass is 432 g/mol. The van der Waals surface area contributed by atoms with Crippen LogP contribution in [-0.4, -0.2) is 21.8 Å². The summed E-state index contributed by atoms with van der Waals surface area (Å²) in [7, 11) is 0. The number of hydrogen-bond acceptors (Lipinski definition) is 3. The van der Waals surface area contributed by atoms with Gasteiger partial charge in [0.15, 0.2) is 0 Å². The summed E-state index contributed by atoms with van der Waals surface area (Å²) in [6, 6.07) is 23.4. The molecule has 1 atom stereocenters. The molecule has 0 aliphatic rings. The molecule has 2 amide bonds. The smallest absolute Gasteiger partial charge is 0.253 e. The maximum Gasteiger partial charge on any atom is 0.253 e. The van der Waals surface area contributed by atoms with E-state index in [1.54, 1.807) is 24.3 Å². The standard InChI is InChI=1S/C24H21ClN4O2/c25-18-11-5-4-10-17(18)24(31)29-21(16-8-2-1-3-9-16)14-23(30)26-15-22-27-19-12-6-7-13-20(19)28-22/h1-13,21H,14-15H2,(H,26,30)(H,27,28)(H,29,31). The van der Waals surface area contributed by atoms with Gasteiger partial charge in [0, 0.05) is 0 Å². The number of hydrogen-bond donors (Lipinski definition) is 3. The largest absolute Gasteiger partial charge is 0.349 e. The predicted molar refractivity (Wildman–Crippen MR) is 121 cm³/mol. The van der Waals surface area contributed by atoms with Crippen molar-refractivity contribution >= 4 is 34.4 Å². The Morgan fingerprint density at radius 1 is 0.935 bits per heavy atom. The van der Waals surface area contributed by atoms with Gasteiger partial charge in [-0.15, -0.1) is 0 Å². The minimum absolute atomic E-state index is 0.0838. The molecule has 0 bridgehead atoms. The van der Waals surface area contributed by atoms with Crippen LogP contribution in [0.15, 0.2) is 78.9 Å². The number of halogens is 1. The molecule has 0 aliphatic carbocycles. The van der Waals surface area contributed by atoms with Gasteiger partial charge in [-0.05, 0) is 29.8 Å². The summed E-state index contributed by atoms with van der Waals surface area (Å²) in [5.74, 6) is 0.143. The molecule has 1 heterocycles. The number of aromatic nitrogens is 2. The van der Waals surface area contributed by atoms with Crippen LogP contribution in [0.25, 0.3) is 11.0 Å². The molecule has 0 saturated heterocycles. The van der Waals surface area contributed by atoms with Crippen molar-refractivity contribution in [3.63, 3.8) is 0 Å². The molecule has 3 N–H and O–H groups in total. The Balaban J connectivity index is 1.44. The minimum atomic E-state index is -0.499. The predicted octanol–water partition coefficient (Wildman–Crippen LogP) is 4.39. The molecule has 0 fully saturated rings. The number of carbonyl (C=O) groups is 2. The van der Waals surface area contributed by atoms with Crippen LogP contribution in [0.3, 0.4) is 0 Å². The highest BCUT2D eigenvalue weighted by Gasteiger charge is 2.20. The van der Waals surface area contributed by atoms with Crippen molar-refractivity contribution in [3.8, 4) is 0 Å². The maximum absolute atomic E-state index is 12.8. The van der Waals surface area contributed by atoms with E-state index in [0.29, 0.717) is 16.4 Å². The van der Waals surface area contributed by atoms with Gasteiger partial charge in [-0.3, -0.25) is 9.59 Å². The van der Waals surface area contributed by atoms with E-state index in [9.17, 15) is 9.59 Å². The third kappa shape index (κ3) is 5.10. The summed E-state index contributed by atoms with van der Waals surface area (Å²) in [6.45, 7) is 0.271. The van der Waals surface area contributed by atoms with Gasteiger partial charge in [-0.1, -0.05) is 66.2 Å². The molecule has 1 aromatic heterocycles. The molecule has 0 spiro atoms. The van der Waals surface area contributed by atoms with Crippen molar-refractivity contribution in [2.45, 2.75) is 19.0 Å². The lowest BCUT2D eigenvalue weighted by molar-refractivity contribution is -0.121. The first-order valence-corrected chi connectivity index (χ1v) is 10.3. The summed E-state index contributed by atoms with van der Waals surface area (Å²) in [6.07, 6.45) is 0.0838. The van der Waals surface area contributed by atoms with Crippen molar-refractivity contribution in [1.29, 1.82) is 0 Å². The molecule has 4 aromatic rings. The molecule has 3 aromatic carbocycles. The van der Waals surface area contributed by atoms with Crippen LogP contribution in [0.1, 0.15) is 34.2 Å². The third-order valence-electron chi connectivity index (χ3n) is 4.91. The summed E-state index contributed by atoms with van der Waals surface area (Å²) in [5.41, 5.74) is 2.97. The van der Waals surface area contributed by atoms with Crippen LogP contribution in [-0.2, 0) is 11.3 Å². The zero-order valence-corrected chi connectivity index (χ0v) is 17.4. The number of nitrogens with one attached hydrogen (secondary N) is 3. The number of carbonyl (C=O) groups excluding carboxylic acids is 2. The van der Waals surface area contributed by atoms with Gasteiger partial charge in [0.2, 0.25) is 5.91 Å². The normalized spacial score (nSPS) is 11.8. The lowest BCUT2D eigenvalue weighted by atomic mass is 10.0. The van der Waals surface area contributed by atoms with E-state index in [2.05, 4.69) is 20.6 Å². The number of rotatable bonds is 7. The van der Waals surface area contributed by atoms with Gasteiger partial charge in [0.1, 0.15) is 5.82 Å². The van der Waals surface area contributed by atoms with E-state index in [1.165, 1.54) is 0 Å². The van der Waals surface area contributed by atoms with Gasteiger partial charge < -0.3 is 15.6 Å². The summed E-state index contributed by atoms with van der Waals surface area (Å²) < 4.78 is 0. The Kier molecular flexibility index (Phi) is 6.29. The molecule has 1 unspecified atom stereocenters. The van der Waals surface area contributed by atoms with E-state index < -0.39 is 6.04 Å². The third-order valence-corrected chi connectivity index (χ3v) is 5.24. The topological polar surface area (TPSA) is 86.9 Å². The quantitative estimate of drug-likeness (QED) is 0.404. The van der Waals surface area contributed by atoms with Crippen molar-refractivity contribution < 1.29 is 9.59 Å². The fraction of sp³-hybridized carbons (Fsp3) is 0.125. The van der Waals surface area contributed by atoms with Crippen molar-refractivity contribution in [1.82, 2.24) is 20.6 Å². The van der Waals surface area contributed by atoms with Crippen LogP contribution in [0.2, 0.25) is 5.02 Å². The van der Waals surface area contributed by atoms with E-state index in [4.69, 9.17) is 11.6 Å². The van der Waals surface area contributed by atoms with Gasteiger partial charge in [0.05, 0.1) is 40.6 Å². The molecular weight excluding hydrogens is 412 g/mol. The fourth-order valence-corrected chi connectivity index (χ4v) is 3.57. The SMILES string of the molecule is O=C(CC(NC(=O)c1ccccc1Cl)c1ccccc1)NCc1nc2ccccc2[nH]1. The second-order valence-electron chi connectivity index (χ2n) is 7.10. The molecule has 0 saturated carbocycles. The number of H-pyrrole nitrogens is 1. The molecule has 0 aliphatic heterocycles. The van der Waals surface area contributed by atoms with E-state index in [1.807, 2.05) is 54.6 Å². The van der Waals surface area contributed by atoms with E-state index in [0.717, 1.165) is 16.6 Å². The Morgan fingerprint density at radius 2 is 1.65 bits per heavy atom. The van der Waals surface area contributed by atoms with E-state index in [-0.39, 0.29) is 24.8 Å². The first kappa shape index (κ1) is 20.6. The highest BCUT2D eigenvalue weighted by atomic mass is 35.5. The molecular formula is C24H21ClN4O2. The molecule has 7 heteroatoms. The van der Waals surface area contributed by atoms with Crippen LogP contribution in [0, 0.1) is 0 Å². The first-order chi connectivity index (χ1) is 15.1. The van der Waals surface area contributed by atoms with Crippen molar-refractivity contribution in [3.05, 3.63) is 101 Å². The number of imidazole rings is 1. The maximum atomic E-state index is 12.8. The van der Waals surface area contributed by atoms with Crippen LogP contribution in [0.5, 0.6) is 0 Å². The lowest BCUT2D eigenvalue weighted by Crippen LogP contribution is -2.34. The van der Waals surface area contributed by atoms with Gasteiger partial charge in [-0.2, -0.15) is 0 Å². The van der Waals surface area contributed by atoms with Crippen LogP contribution >= 0.6 is 11.6 Å². The number of aromatic amines is 1. The zero-order valence-electron chi connectivity index (χ0n) is 16.6. The van der Waals surface area contributed by atoms with Crippen LogP contribution < -0.4 is 10.6 Å². The highest BCUT2D eigenvalue weighted by Crippen LogP contribution is 2.20. The van der Waals surface area contributed by atoms with Gasteiger partial charge in [0.25, 0.3) is 5.91 Å². The van der Waals surface area contributed by atoms with Crippen molar-refractivity contribution in [2.75, 3.05) is 0 Å². The fourth-order valence-electron chi connectivity index (χ4n) is 3.35. The van der Waals surface area contributed by atoms with E-state index >= 15 is 0 Å². The average Bonchev–Trinajstić information content (AvgIpc) is 3.21. The number of para-hydroxylation sites is 2. The highest BCUT2D eigenvalue weighted by molar-refractivity contribution is 6.33. The number of benzene rings is 3. The Hall–Kier alpha value is -3.64. The minimum Gasteiger partial charge on any atom is -0.349 e. The Bertz CT molecular complexity index is 1170. The number of amides is 2. The molecule has 156 valence electrons. The first-order valence-electron chi connectivity index (χ1n) is 9.91. The molecule has 31 heavy (non-hydrogen) atoms. The molecule has 6 nitrogen and oxygen atoms in total. The summed E-state index contributed by atoms with van der Waals surface area (Å²) >= 11 is 6.15. The Morgan fingerprint density at radius 3 is 2.42 bits per heavy atom. The zero-order chi connectivity index (χ0) is 21.6. The average molecular weight is 433 g/mol. The summed E-state index contributed by atoms with van der Waals surface area (Å²) in [5, 5.41) is 6.17. The number of nitrogens with zero attached hydrogens (tertiary/aromatic N) is 1. The summed E-state index contributed by atoms with van der Waals surface area (Å²) in [4.78, 5) is 33.1. The Labute approximate surface area is 184 Å². The van der Waals surface area contributed by atoms with Crippen molar-refractivity contribution in [2.24, 2.45) is 0 Å². The van der Waals surface area contributed by atoms with Crippen LogP contribution in [0.4, 0.5) is 0 Å². The molecule has 0 radical (unpaired) electrons. The molecule has 4 rings (SSSR count). The number of fused-ring (bicyclic) bond motifs is 1. The second kappa shape index (κ2) is 9.45. The van der Waals surface area contributed by atoms with Gasteiger partial charge in [-0.25, -0.2) is 4.98 Å². The lowest BCUT2D eigenvalue weighted by Gasteiger charge is -2.19.